The summed E-state index contributed by atoms with van der Waals surface area (Å²) in [5.41, 5.74) is 6.92. The van der Waals surface area contributed by atoms with Crippen molar-refractivity contribution >= 4 is 24.0 Å². The molecule has 0 saturated carbocycles. The smallest absolute Gasteiger partial charge is 0.246 e. The fraction of sp³-hybridized carbons (Fsp3) is 0.379. The first-order chi connectivity index (χ1) is 19.3. The number of methoxy groups -OCH3 is 4. The van der Waals surface area contributed by atoms with Gasteiger partial charge in [0.05, 0.1) is 28.4 Å². The van der Waals surface area contributed by atoms with Crippen LogP contribution in [0.25, 0.3) is 12.2 Å². The van der Waals surface area contributed by atoms with Gasteiger partial charge in [-0.3, -0.25) is 9.59 Å². The zero-order valence-electron chi connectivity index (χ0n) is 23.4. The van der Waals surface area contributed by atoms with Crippen molar-refractivity contribution in [2.75, 3.05) is 54.6 Å². The third kappa shape index (κ3) is 9.42. The van der Waals surface area contributed by atoms with Crippen LogP contribution in [0, 0.1) is 0 Å². The zero-order valence-corrected chi connectivity index (χ0v) is 23.4. The van der Waals surface area contributed by atoms with Gasteiger partial charge in [-0.1, -0.05) is 0 Å². The number of amides is 2. The largest absolute Gasteiger partial charge is 0.502 e. The first-order valence-electron chi connectivity index (χ1n) is 12.8. The van der Waals surface area contributed by atoms with Crippen molar-refractivity contribution in [3.05, 3.63) is 47.5 Å². The zero-order chi connectivity index (χ0) is 29.5. The Balaban J connectivity index is 1.89. The number of hydrogen-bond donors (Lipinski definition) is 4. The van der Waals surface area contributed by atoms with E-state index in [1.807, 2.05) is 0 Å². The molecule has 2 amide bonds. The lowest BCUT2D eigenvalue weighted by molar-refractivity contribution is -0.126. The number of ether oxygens (including phenoxy) is 4. The number of carbonyl (C=O) groups is 2. The molecule has 11 heteroatoms. The van der Waals surface area contributed by atoms with Crippen molar-refractivity contribution in [2.24, 2.45) is 5.73 Å². The molecule has 0 aliphatic rings. The number of carbonyl (C=O) groups excluding carboxylic acids is 2. The SMILES string of the molecule is COc1cc(/C=C/C(=O)NCCCCN(CCCN)C(=O)/C=C/c2cc(OC)c(O)c(OC)c2)cc(OC)c1O. The van der Waals surface area contributed by atoms with Crippen molar-refractivity contribution in [3.8, 4) is 34.5 Å². The van der Waals surface area contributed by atoms with E-state index in [4.69, 9.17) is 24.7 Å². The number of hydrogen-bond acceptors (Lipinski definition) is 9. The average molecular weight is 558 g/mol. The second-order valence-electron chi connectivity index (χ2n) is 8.68. The molecule has 2 aromatic carbocycles. The van der Waals surface area contributed by atoms with Crippen molar-refractivity contribution in [3.63, 3.8) is 0 Å². The number of unbranched alkanes of at least 4 members (excludes halogenated alkanes) is 1. The van der Waals surface area contributed by atoms with Crippen LogP contribution in [0.15, 0.2) is 36.4 Å². The highest BCUT2D eigenvalue weighted by Gasteiger charge is 2.13. The molecule has 0 aliphatic heterocycles. The second kappa shape index (κ2) is 16.6. The Morgan fingerprint density at radius 1 is 0.775 bits per heavy atom. The lowest BCUT2D eigenvalue weighted by atomic mass is 10.1. The van der Waals surface area contributed by atoms with Gasteiger partial charge in [0.25, 0.3) is 0 Å². The first kappa shape index (κ1) is 31.8. The average Bonchev–Trinajstić information content (AvgIpc) is 2.96. The maximum Gasteiger partial charge on any atom is 0.246 e. The fourth-order valence-electron chi connectivity index (χ4n) is 3.78. The molecule has 218 valence electrons. The van der Waals surface area contributed by atoms with Crippen molar-refractivity contribution in [1.29, 1.82) is 0 Å². The number of phenolic OH excluding ortho intramolecular Hbond substituents is 2. The molecule has 2 aromatic rings. The number of nitrogens with two attached hydrogens (primary N) is 1. The van der Waals surface area contributed by atoms with Gasteiger partial charge in [0, 0.05) is 31.8 Å². The van der Waals surface area contributed by atoms with Gasteiger partial charge in [-0.25, -0.2) is 0 Å². The predicted octanol–water partition coefficient (Wildman–Crippen LogP) is 2.93. The highest BCUT2D eigenvalue weighted by molar-refractivity contribution is 5.92. The minimum atomic E-state index is -0.273. The Kier molecular flexibility index (Phi) is 13.2. The molecule has 40 heavy (non-hydrogen) atoms. The van der Waals surface area contributed by atoms with Crippen LogP contribution in [0.5, 0.6) is 34.5 Å². The molecule has 0 aliphatic carbocycles. The van der Waals surface area contributed by atoms with Crippen LogP contribution in [0.1, 0.15) is 30.4 Å². The molecule has 0 spiro atoms. The molecule has 0 heterocycles. The molecule has 0 radical (unpaired) electrons. The molecular formula is C29H39N3O8. The van der Waals surface area contributed by atoms with Crippen LogP contribution in [-0.4, -0.2) is 81.5 Å². The topological polar surface area (TPSA) is 153 Å². The van der Waals surface area contributed by atoms with Crippen LogP contribution >= 0.6 is 0 Å². The molecule has 5 N–H and O–H groups in total. The maximum absolute atomic E-state index is 12.9. The Labute approximate surface area is 234 Å². The molecule has 0 atom stereocenters. The molecule has 0 bridgehead atoms. The van der Waals surface area contributed by atoms with E-state index in [2.05, 4.69) is 5.32 Å². The summed E-state index contributed by atoms with van der Waals surface area (Å²) < 4.78 is 20.6. The number of rotatable bonds is 16. The number of aromatic hydroxyl groups is 2. The number of nitrogens with one attached hydrogen (secondary N) is 1. The number of benzene rings is 2. The highest BCUT2D eigenvalue weighted by Crippen LogP contribution is 2.38. The summed E-state index contributed by atoms with van der Waals surface area (Å²) >= 11 is 0. The summed E-state index contributed by atoms with van der Waals surface area (Å²) in [6.45, 7) is 1.91. The van der Waals surface area contributed by atoms with Gasteiger partial charge in [0.15, 0.2) is 23.0 Å². The van der Waals surface area contributed by atoms with E-state index in [0.29, 0.717) is 56.6 Å². The van der Waals surface area contributed by atoms with Crippen molar-refractivity contribution in [2.45, 2.75) is 19.3 Å². The van der Waals surface area contributed by atoms with E-state index in [1.54, 1.807) is 41.3 Å². The Morgan fingerprint density at radius 2 is 1.23 bits per heavy atom. The number of phenols is 2. The van der Waals surface area contributed by atoms with Gasteiger partial charge in [0.1, 0.15) is 0 Å². The van der Waals surface area contributed by atoms with E-state index in [1.165, 1.54) is 40.6 Å². The lowest BCUT2D eigenvalue weighted by Crippen LogP contribution is -2.33. The van der Waals surface area contributed by atoms with Crippen LogP contribution in [0.2, 0.25) is 0 Å². The molecular weight excluding hydrogens is 518 g/mol. The minimum absolute atomic E-state index is 0.109. The molecule has 0 saturated heterocycles. The second-order valence-corrected chi connectivity index (χ2v) is 8.68. The van der Waals surface area contributed by atoms with Crippen LogP contribution < -0.4 is 30.0 Å². The fourth-order valence-corrected chi connectivity index (χ4v) is 3.78. The highest BCUT2D eigenvalue weighted by atomic mass is 16.5. The van der Waals surface area contributed by atoms with Crippen LogP contribution in [0.4, 0.5) is 0 Å². The lowest BCUT2D eigenvalue weighted by Gasteiger charge is -2.21. The first-order valence-corrected chi connectivity index (χ1v) is 12.8. The maximum atomic E-state index is 12.9. The van der Waals surface area contributed by atoms with E-state index in [0.717, 1.165) is 0 Å². The summed E-state index contributed by atoms with van der Waals surface area (Å²) in [6.07, 6.45) is 8.09. The summed E-state index contributed by atoms with van der Waals surface area (Å²) in [6, 6.07) is 6.41. The van der Waals surface area contributed by atoms with Crippen LogP contribution in [-0.2, 0) is 9.59 Å². The van der Waals surface area contributed by atoms with Gasteiger partial charge in [-0.2, -0.15) is 0 Å². The van der Waals surface area contributed by atoms with Gasteiger partial charge in [-0.05, 0) is 73.4 Å². The molecule has 0 fully saturated rings. The summed E-state index contributed by atoms with van der Waals surface area (Å²) in [5.74, 6) is 0.298. The molecule has 0 unspecified atom stereocenters. The Hall–Kier alpha value is -4.38. The van der Waals surface area contributed by atoms with Gasteiger partial charge < -0.3 is 45.1 Å². The van der Waals surface area contributed by atoms with E-state index in [-0.39, 0.29) is 46.3 Å². The monoisotopic (exact) mass is 557 g/mol. The van der Waals surface area contributed by atoms with Gasteiger partial charge >= 0.3 is 0 Å². The van der Waals surface area contributed by atoms with E-state index >= 15 is 0 Å². The molecule has 2 rings (SSSR count). The van der Waals surface area contributed by atoms with Crippen molar-refractivity contribution < 1.29 is 38.7 Å². The normalized spacial score (nSPS) is 11.0. The Morgan fingerprint density at radius 3 is 1.68 bits per heavy atom. The summed E-state index contributed by atoms with van der Waals surface area (Å²) in [4.78, 5) is 26.8. The van der Waals surface area contributed by atoms with Crippen molar-refractivity contribution in [1.82, 2.24) is 10.2 Å². The van der Waals surface area contributed by atoms with Gasteiger partial charge in [0.2, 0.25) is 23.3 Å². The predicted molar refractivity (Wildman–Crippen MR) is 153 cm³/mol. The van der Waals surface area contributed by atoms with E-state index in [9.17, 15) is 19.8 Å². The van der Waals surface area contributed by atoms with Gasteiger partial charge in [-0.15, -0.1) is 0 Å². The Bertz CT molecular complexity index is 1150. The molecule has 11 nitrogen and oxygen atoms in total. The summed E-state index contributed by atoms with van der Waals surface area (Å²) in [5, 5.41) is 22.9. The molecule has 0 aromatic heterocycles. The quantitative estimate of drug-likeness (QED) is 0.180. The summed E-state index contributed by atoms with van der Waals surface area (Å²) in [7, 11) is 5.73. The minimum Gasteiger partial charge on any atom is -0.502 e. The standard InChI is InChI=1S/C29H39N3O8/c1-37-22-16-20(17-23(38-2)28(22)35)8-10-26(33)31-13-5-6-14-32(15-7-12-30)27(34)11-9-21-18-24(39-3)29(36)25(19-21)40-4/h8-11,16-19,35-36H,5-7,12-15,30H2,1-4H3,(H,31,33)/b10-8+,11-9+. The van der Waals surface area contributed by atoms with E-state index < -0.39 is 0 Å². The number of nitrogens with zero attached hydrogens (tertiary/aromatic N) is 1. The van der Waals surface area contributed by atoms with Crippen LogP contribution in [0.3, 0.4) is 0 Å². The third-order valence-corrected chi connectivity index (χ3v) is 5.95. The third-order valence-electron chi connectivity index (χ3n) is 5.95.